The highest BCUT2D eigenvalue weighted by atomic mass is 16.2. The Bertz CT molecular complexity index is 861. The van der Waals surface area contributed by atoms with Crippen molar-refractivity contribution in [2.75, 3.05) is 38.1 Å². The van der Waals surface area contributed by atoms with Crippen molar-refractivity contribution in [2.24, 2.45) is 0 Å². The molecular weight excluding hydrogens is 344 g/mol. The molecule has 8 nitrogen and oxygen atoms in total. The normalized spacial score (nSPS) is 20.1. The largest absolute Gasteiger partial charge is 0.340 e. The number of amides is 2. The van der Waals surface area contributed by atoms with Gasteiger partial charge >= 0.3 is 0 Å². The van der Waals surface area contributed by atoms with Gasteiger partial charge in [-0.15, -0.1) is 0 Å². The fourth-order valence-corrected chi connectivity index (χ4v) is 3.54. The second-order valence-electron chi connectivity index (χ2n) is 7.06. The molecule has 0 radical (unpaired) electrons. The molecule has 1 saturated heterocycles. The van der Waals surface area contributed by atoms with Crippen LogP contribution in [0.1, 0.15) is 34.2 Å². The summed E-state index contributed by atoms with van der Waals surface area (Å²) in [6.07, 6.45) is 4.95. The van der Waals surface area contributed by atoms with E-state index in [1.165, 1.54) is 6.20 Å². The lowest BCUT2D eigenvalue weighted by molar-refractivity contribution is -0.133. The van der Waals surface area contributed by atoms with Crippen molar-refractivity contribution in [1.82, 2.24) is 24.8 Å². The van der Waals surface area contributed by atoms with Gasteiger partial charge in [0.1, 0.15) is 5.82 Å². The predicted molar refractivity (Wildman–Crippen MR) is 99.3 cm³/mol. The van der Waals surface area contributed by atoms with Crippen LogP contribution in [0.25, 0.3) is 0 Å². The van der Waals surface area contributed by atoms with Crippen LogP contribution < -0.4 is 4.90 Å². The molecule has 1 fully saturated rings. The van der Waals surface area contributed by atoms with Crippen LogP contribution >= 0.6 is 0 Å². The lowest BCUT2D eigenvalue weighted by atomic mass is 10.1. The van der Waals surface area contributed by atoms with Crippen molar-refractivity contribution in [3.8, 4) is 0 Å². The first-order chi connectivity index (χ1) is 13.0. The van der Waals surface area contributed by atoms with E-state index in [1.807, 2.05) is 24.9 Å². The monoisotopic (exact) mass is 366 g/mol. The van der Waals surface area contributed by atoms with Gasteiger partial charge in [-0.3, -0.25) is 19.5 Å². The van der Waals surface area contributed by atoms with E-state index in [2.05, 4.69) is 19.9 Å². The zero-order valence-electron chi connectivity index (χ0n) is 15.5. The van der Waals surface area contributed by atoms with E-state index in [4.69, 9.17) is 0 Å². The molecule has 27 heavy (non-hydrogen) atoms. The summed E-state index contributed by atoms with van der Waals surface area (Å²) in [6.45, 7) is 5.05. The van der Waals surface area contributed by atoms with Crippen molar-refractivity contribution >= 4 is 17.6 Å². The number of rotatable bonds is 3. The van der Waals surface area contributed by atoms with Crippen LogP contribution in [0.3, 0.4) is 0 Å². The van der Waals surface area contributed by atoms with Crippen molar-refractivity contribution in [1.29, 1.82) is 0 Å². The number of hydrogen-bond donors (Lipinski definition) is 0. The van der Waals surface area contributed by atoms with Crippen LogP contribution in [-0.4, -0.2) is 69.8 Å². The van der Waals surface area contributed by atoms with E-state index in [1.54, 1.807) is 23.4 Å². The highest BCUT2D eigenvalue weighted by Crippen LogP contribution is 2.36. The summed E-state index contributed by atoms with van der Waals surface area (Å²) in [4.78, 5) is 44.4. The molecule has 140 valence electrons. The Morgan fingerprint density at radius 1 is 1.11 bits per heavy atom. The third-order valence-electron chi connectivity index (χ3n) is 5.14. The highest BCUT2D eigenvalue weighted by molar-refractivity contribution is 6.09. The molecule has 0 aromatic carbocycles. The van der Waals surface area contributed by atoms with Gasteiger partial charge in [-0.05, 0) is 25.6 Å². The second-order valence-corrected chi connectivity index (χ2v) is 7.06. The average Bonchev–Trinajstić information content (AvgIpc) is 2.95. The number of anilines is 1. The topological polar surface area (TPSA) is 82.5 Å². The minimum Gasteiger partial charge on any atom is -0.340 e. The van der Waals surface area contributed by atoms with E-state index in [0.29, 0.717) is 30.3 Å². The molecule has 0 N–H and O–H groups in total. The molecule has 8 heteroatoms. The molecule has 2 amide bonds. The number of nitrogens with zero attached hydrogens (tertiary/aromatic N) is 6. The number of fused-ring (bicyclic) bond motifs is 1. The van der Waals surface area contributed by atoms with Crippen LogP contribution in [0.2, 0.25) is 0 Å². The quantitative estimate of drug-likeness (QED) is 0.807. The second kappa shape index (κ2) is 7.03. The number of pyridine rings is 1. The van der Waals surface area contributed by atoms with Gasteiger partial charge in [-0.1, -0.05) is 6.07 Å². The molecule has 2 aromatic rings. The van der Waals surface area contributed by atoms with E-state index < -0.39 is 6.04 Å². The number of carbonyl (C=O) groups excluding carboxylic acids is 2. The zero-order chi connectivity index (χ0) is 19.0. The lowest BCUT2D eigenvalue weighted by Crippen LogP contribution is -2.48. The lowest BCUT2D eigenvalue weighted by Gasteiger charge is -2.33. The van der Waals surface area contributed by atoms with Gasteiger partial charge in [0.05, 0.1) is 18.2 Å². The SMILES string of the molecule is Cc1ccc(N2C(=O)c3nccnc3[C@@H]2CC(=O)N2CCN(C)CC2)nc1. The summed E-state index contributed by atoms with van der Waals surface area (Å²) in [6, 6.07) is 3.22. The Balaban J connectivity index is 1.63. The van der Waals surface area contributed by atoms with Gasteiger partial charge < -0.3 is 9.80 Å². The predicted octanol–water partition coefficient (Wildman–Crippen LogP) is 1.05. The smallest absolute Gasteiger partial charge is 0.280 e. The van der Waals surface area contributed by atoms with Gasteiger partial charge in [0.15, 0.2) is 5.69 Å². The molecule has 1 atom stereocenters. The highest BCUT2D eigenvalue weighted by Gasteiger charge is 2.42. The minimum absolute atomic E-state index is 0.0246. The minimum atomic E-state index is -0.483. The first-order valence-corrected chi connectivity index (χ1v) is 9.08. The summed E-state index contributed by atoms with van der Waals surface area (Å²) < 4.78 is 0. The summed E-state index contributed by atoms with van der Waals surface area (Å²) in [5.41, 5.74) is 1.85. The average molecular weight is 366 g/mol. The van der Waals surface area contributed by atoms with Crippen molar-refractivity contribution in [3.63, 3.8) is 0 Å². The van der Waals surface area contributed by atoms with Gasteiger partial charge in [-0.2, -0.15) is 0 Å². The Hall–Kier alpha value is -2.87. The maximum atomic E-state index is 12.9. The molecular formula is C19H22N6O2. The Labute approximate surface area is 157 Å². The molecule has 0 saturated carbocycles. The van der Waals surface area contributed by atoms with Crippen molar-refractivity contribution in [3.05, 3.63) is 47.7 Å². The molecule has 0 spiro atoms. The van der Waals surface area contributed by atoms with Crippen LogP contribution in [0.15, 0.2) is 30.7 Å². The first kappa shape index (κ1) is 17.5. The molecule has 4 heterocycles. The third kappa shape index (κ3) is 3.28. The van der Waals surface area contributed by atoms with E-state index in [0.717, 1.165) is 18.7 Å². The van der Waals surface area contributed by atoms with Crippen molar-refractivity contribution in [2.45, 2.75) is 19.4 Å². The molecule has 4 rings (SSSR count). The van der Waals surface area contributed by atoms with Crippen LogP contribution in [0, 0.1) is 6.92 Å². The van der Waals surface area contributed by atoms with E-state index >= 15 is 0 Å². The fourth-order valence-electron chi connectivity index (χ4n) is 3.54. The van der Waals surface area contributed by atoms with Gasteiger partial charge in [-0.25, -0.2) is 9.97 Å². The number of likely N-dealkylation sites (N-methyl/N-ethyl adjacent to an activating group) is 1. The number of aryl methyl sites for hydroxylation is 1. The molecule has 0 unspecified atom stereocenters. The molecule has 0 aliphatic carbocycles. The van der Waals surface area contributed by atoms with Gasteiger partial charge in [0.2, 0.25) is 5.91 Å². The molecule has 0 bridgehead atoms. The van der Waals surface area contributed by atoms with Gasteiger partial charge in [0, 0.05) is 44.8 Å². The first-order valence-electron chi connectivity index (χ1n) is 9.08. The Kier molecular flexibility index (Phi) is 4.57. The fraction of sp³-hybridized carbons (Fsp3) is 0.421. The van der Waals surface area contributed by atoms with E-state index in [-0.39, 0.29) is 18.2 Å². The van der Waals surface area contributed by atoms with E-state index in [9.17, 15) is 9.59 Å². The zero-order valence-corrected chi connectivity index (χ0v) is 15.5. The maximum Gasteiger partial charge on any atom is 0.280 e. The van der Waals surface area contributed by atoms with Crippen LogP contribution in [0.5, 0.6) is 0 Å². The molecule has 2 aliphatic rings. The summed E-state index contributed by atoms with van der Waals surface area (Å²) in [7, 11) is 2.05. The standard InChI is InChI=1S/C19H22N6O2/c1-13-3-4-15(22-12-13)25-14(17-18(19(25)27)21-6-5-20-17)11-16(26)24-9-7-23(2)8-10-24/h3-6,12,14H,7-11H2,1-2H3/t14-/m0/s1. The number of aromatic nitrogens is 3. The molecule has 2 aromatic heterocycles. The Morgan fingerprint density at radius 3 is 2.56 bits per heavy atom. The summed E-state index contributed by atoms with van der Waals surface area (Å²) in [5.74, 6) is 0.281. The van der Waals surface area contributed by atoms with Gasteiger partial charge in [0.25, 0.3) is 5.91 Å². The maximum absolute atomic E-state index is 12.9. The summed E-state index contributed by atoms with van der Waals surface area (Å²) >= 11 is 0. The molecule has 2 aliphatic heterocycles. The van der Waals surface area contributed by atoms with Crippen molar-refractivity contribution < 1.29 is 9.59 Å². The number of piperazine rings is 1. The summed E-state index contributed by atoms with van der Waals surface area (Å²) in [5, 5.41) is 0. The Morgan fingerprint density at radius 2 is 1.85 bits per heavy atom. The van der Waals surface area contributed by atoms with Crippen LogP contribution in [-0.2, 0) is 4.79 Å². The third-order valence-corrected chi connectivity index (χ3v) is 5.14. The number of carbonyl (C=O) groups is 2. The number of hydrogen-bond acceptors (Lipinski definition) is 6. The van der Waals surface area contributed by atoms with Crippen LogP contribution in [0.4, 0.5) is 5.82 Å².